The number of benzene rings is 1. The topological polar surface area (TPSA) is 87.5 Å². The van der Waals surface area contributed by atoms with Crippen molar-refractivity contribution in [3.8, 4) is 0 Å². The van der Waals surface area contributed by atoms with Crippen molar-refractivity contribution < 1.29 is 8.42 Å². The van der Waals surface area contributed by atoms with Gasteiger partial charge >= 0.3 is 0 Å². The SMILES string of the molecule is CN(C)CCCNS(=O)(=O)c1ccc(NN)cc1. The first-order valence-corrected chi connectivity index (χ1v) is 7.15. The third kappa shape index (κ3) is 4.61. The fourth-order valence-corrected chi connectivity index (χ4v) is 2.49. The molecule has 0 heterocycles. The van der Waals surface area contributed by atoms with Gasteiger partial charge in [0, 0.05) is 12.2 Å². The largest absolute Gasteiger partial charge is 0.324 e. The van der Waals surface area contributed by atoms with Gasteiger partial charge in [0.25, 0.3) is 0 Å². The van der Waals surface area contributed by atoms with Crippen LogP contribution in [0.15, 0.2) is 29.2 Å². The average Bonchev–Trinajstić information content (AvgIpc) is 2.34. The maximum atomic E-state index is 11.9. The summed E-state index contributed by atoms with van der Waals surface area (Å²) in [5.41, 5.74) is 3.12. The first-order chi connectivity index (χ1) is 8.45. The van der Waals surface area contributed by atoms with Crippen LogP contribution in [-0.2, 0) is 10.0 Å². The van der Waals surface area contributed by atoms with E-state index in [9.17, 15) is 8.42 Å². The van der Waals surface area contributed by atoms with Crippen LogP contribution in [-0.4, -0.2) is 40.5 Å². The average molecular weight is 272 g/mol. The number of hydrogen-bond acceptors (Lipinski definition) is 5. The van der Waals surface area contributed by atoms with Crippen molar-refractivity contribution in [2.75, 3.05) is 32.6 Å². The van der Waals surface area contributed by atoms with Crippen LogP contribution in [0.2, 0.25) is 0 Å². The number of hydrazine groups is 1. The van der Waals surface area contributed by atoms with Crippen LogP contribution in [0, 0.1) is 0 Å². The van der Waals surface area contributed by atoms with Gasteiger partial charge in [-0.15, -0.1) is 0 Å². The minimum Gasteiger partial charge on any atom is -0.324 e. The van der Waals surface area contributed by atoms with Gasteiger partial charge in [-0.25, -0.2) is 13.1 Å². The van der Waals surface area contributed by atoms with E-state index in [1.165, 1.54) is 12.1 Å². The Morgan fingerprint density at radius 3 is 2.33 bits per heavy atom. The molecule has 7 heteroatoms. The zero-order chi connectivity index (χ0) is 13.6. The number of nitrogens with two attached hydrogens (primary N) is 1. The van der Waals surface area contributed by atoms with Crippen molar-refractivity contribution in [3.63, 3.8) is 0 Å². The lowest BCUT2D eigenvalue weighted by atomic mass is 10.3. The zero-order valence-corrected chi connectivity index (χ0v) is 11.5. The minimum atomic E-state index is -3.42. The third-order valence-corrected chi connectivity index (χ3v) is 3.88. The molecular weight excluding hydrogens is 252 g/mol. The van der Waals surface area contributed by atoms with E-state index >= 15 is 0 Å². The summed E-state index contributed by atoms with van der Waals surface area (Å²) in [5, 5.41) is 0. The molecule has 0 aromatic heterocycles. The third-order valence-electron chi connectivity index (χ3n) is 2.41. The summed E-state index contributed by atoms with van der Waals surface area (Å²) in [6.07, 6.45) is 0.772. The van der Waals surface area contributed by atoms with Crippen molar-refractivity contribution in [3.05, 3.63) is 24.3 Å². The smallest absolute Gasteiger partial charge is 0.240 e. The van der Waals surface area contributed by atoms with Gasteiger partial charge in [0.05, 0.1) is 4.90 Å². The van der Waals surface area contributed by atoms with Crippen LogP contribution < -0.4 is 16.0 Å². The zero-order valence-electron chi connectivity index (χ0n) is 10.7. The molecule has 1 aromatic carbocycles. The van der Waals surface area contributed by atoms with Crippen molar-refractivity contribution in [1.82, 2.24) is 9.62 Å². The summed E-state index contributed by atoms with van der Waals surface area (Å²) in [6, 6.07) is 6.27. The fraction of sp³-hybridized carbons (Fsp3) is 0.455. The highest BCUT2D eigenvalue weighted by molar-refractivity contribution is 7.89. The highest BCUT2D eigenvalue weighted by Crippen LogP contribution is 2.12. The van der Waals surface area contributed by atoms with Gasteiger partial charge < -0.3 is 10.3 Å². The molecule has 0 radical (unpaired) electrons. The van der Waals surface area contributed by atoms with Gasteiger partial charge in [-0.05, 0) is 51.3 Å². The summed E-state index contributed by atoms with van der Waals surface area (Å²) in [4.78, 5) is 2.25. The van der Waals surface area contributed by atoms with E-state index in [0.717, 1.165) is 13.0 Å². The van der Waals surface area contributed by atoms with E-state index in [1.54, 1.807) is 12.1 Å². The van der Waals surface area contributed by atoms with Gasteiger partial charge in [-0.2, -0.15) is 0 Å². The maximum Gasteiger partial charge on any atom is 0.240 e. The van der Waals surface area contributed by atoms with E-state index < -0.39 is 10.0 Å². The van der Waals surface area contributed by atoms with Crippen molar-refractivity contribution >= 4 is 15.7 Å². The lowest BCUT2D eigenvalue weighted by Gasteiger charge is -2.10. The Kier molecular flexibility index (Phi) is 5.54. The number of anilines is 1. The molecule has 1 aromatic rings. The molecule has 0 aliphatic carbocycles. The van der Waals surface area contributed by atoms with Gasteiger partial charge in [-0.1, -0.05) is 0 Å². The van der Waals surface area contributed by atoms with Gasteiger partial charge in [-0.3, -0.25) is 5.84 Å². The van der Waals surface area contributed by atoms with Crippen LogP contribution in [0.3, 0.4) is 0 Å². The molecule has 0 saturated carbocycles. The summed E-state index contributed by atoms with van der Waals surface area (Å²) >= 11 is 0. The Morgan fingerprint density at radius 1 is 1.22 bits per heavy atom. The summed E-state index contributed by atoms with van der Waals surface area (Å²) in [6.45, 7) is 1.27. The number of nitrogens with one attached hydrogen (secondary N) is 2. The second-order valence-corrected chi connectivity index (χ2v) is 5.99. The van der Waals surface area contributed by atoms with E-state index in [1.807, 2.05) is 19.0 Å². The molecule has 18 heavy (non-hydrogen) atoms. The van der Waals surface area contributed by atoms with Crippen molar-refractivity contribution in [2.24, 2.45) is 5.84 Å². The predicted molar refractivity (Wildman–Crippen MR) is 72.6 cm³/mol. The number of nitrogen functional groups attached to an aromatic ring is 1. The fourth-order valence-electron chi connectivity index (χ4n) is 1.42. The van der Waals surface area contributed by atoms with Crippen LogP contribution >= 0.6 is 0 Å². The maximum absolute atomic E-state index is 11.9. The molecule has 0 bridgehead atoms. The molecule has 0 saturated heterocycles. The van der Waals surface area contributed by atoms with Crippen molar-refractivity contribution in [2.45, 2.75) is 11.3 Å². The Labute approximate surface area is 108 Å². The van der Waals surface area contributed by atoms with E-state index in [4.69, 9.17) is 5.84 Å². The first kappa shape index (κ1) is 14.9. The van der Waals surface area contributed by atoms with Crippen LogP contribution in [0.25, 0.3) is 0 Å². The molecule has 1 rings (SSSR count). The monoisotopic (exact) mass is 272 g/mol. The standard InChI is InChI=1S/C11H20N4O2S/c1-15(2)9-3-8-13-18(16,17)11-6-4-10(14-12)5-7-11/h4-7,13-14H,3,8-9,12H2,1-2H3. The molecule has 0 aliphatic rings. The molecule has 0 spiro atoms. The Balaban J connectivity index is 2.57. The molecule has 0 atom stereocenters. The molecule has 4 N–H and O–H groups in total. The normalized spacial score (nSPS) is 11.8. The Hall–Kier alpha value is -1.15. The second kappa shape index (κ2) is 6.69. The van der Waals surface area contributed by atoms with E-state index in [-0.39, 0.29) is 4.90 Å². The lowest BCUT2D eigenvalue weighted by Crippen LogP contribution is -2.27. The Morgan fingerprint density at radius 2 is 1.83 bits per heavy atom. The number of hydrogen-bond donors (Lipinski definition) is 3. The molecule has 0 aliphatic heterocycles. The van der Waals surface area contributed by atoms with Gasteiger partial charge in [0.2, 0.25) is 10.0 Å². The summed E-state index contributed by atoms with van der Waals surface area (Å²) in [5.74, 6) is 5.22. The van der Waals surface area contributed by atoms with Gasteiger partial charge in [0.1, 0.15) is 0 Å². The first-order valence-electron chi connectivity index (χ1n) is 5.67. The molecular formula is C11H20N4O2S. The quantitative estimate of drug-likeness (QED) is 0.375. The molecule has 0 unspecified atom stereocenters. The predicted octanol–water partition coefficient (Wildman–Crippen LogP) is 0.202. The van der Waals surface area contributed by atoms with Gasteiger partial charge in [0.15, 0.2) is 0 Å². The number of nitrogens with zero attached hydrogens (tertiary/aromatic N) is 1. The van der Waals surface area contributed by atoms with E-state index in [2.05, 4.69) is 10.1 Å². The van der Waals surface area contributed by atoms with Crippen molar-refractivity contribution in [1.29, 1.82) is 0 Å². The molecule has 6 nitrogen and oxygen atoms in total. The van der Waals surface area contributed by atoms with E-state index in [0.29, 0.717) is 12.2 Å². The second-order valence-electron chi connectivity index (χ2n) is 4.22. The Bertz CT molecular complexity index is 456. The van der Waals surface area contributed by atoms with Crippen LogP contribution in [0.1, 0.15) is 6.42 Å². The highest BCUT2D eigenvalue weighted by Gasteiger charge is 2.12. The molecule has 0 fully saturated rings. The number of sulfonamides is 1. The highest BCUT2D eigenvalue weighted by atomic mass is 32.2. The summed E-state index contributed by atoms with van der Waals surface area (Å²) < 4.78 is 26.4. The number of rotatable bonds is 7. The van der Waals surface area contributed by atoms with Crippen LogP contribution in [0.5, 0.6) is 0 Å². The molecule has 102 valence electrons. The summed E-state index contributed by atoms with van der Waals surface area (Å²) in [7, 11) is 0.483. The lowest BCUT2D eigenvalue weighted by molar-refractivity contribution is 0.400. The van der Waals surface area contributed by atoms with Crippen LogP contribution in [0.4, 0.5) is 5.69 Å². The minimum absolute atomic E-state index is 0.242. The molecule has 0 amide bonds.